The van der Waals surface area contributed by atoms with E-state index in [0.29, 0.717) is 12.3 Å². The lowest BCUT2D eigenvalue weighted by molar-refractivity contribution is 0.0961. The van der Waals surface area contributed by atoms with Crippen molar-refractivity contribution in [3.63, 3.8) is 0 Å². The van der Waals surface area contributed by atoms with Gasteiger partial charge in [-0.25, -0.2) is 8.78 Å². The first kappa shape index (κ1) is 12.5. The van der Waals surface area contributed by atoms with E-state index < -0.39 is 11.6 Å². The number of halogens is 3. The highest BCUT2D eigenvalue weighted by atomic mass is 35.5. The van der Waals surface area contributed by atoms with Crippen molar-refractivity contribution in [2.45, 2.75) is 32.1 Å². The van der Waals surface area contributed by atoms with Gasteiger partial charge in [-0.1, -0.05) is 37.3 Å². The quantitative estimate of drug-likeness (QED) is 0.581. The fraction of sp³-hybridized carbons (Fsp3) is 0.462. The Morgan fingerprint density at radius 1 is 1.24 bits per heavy atom. The molecule has 1 aliphatic rings. The third-order valence-electron chi connectivity index (χ3n) is 3.26. The zero-order valence-electron chi connectivity index (χ0n) is 9.31. The second-order valence-corrected chi connectivity index (χ2v) is 4.93. The number of hydrogen-bond acceptors (Lipinski definition) is 1. The minimum atomic E-state index is -1.02. The average molecular weight is 259 g/mol. The van der Waals surface area contributed by atoms with Crippen molar-refractivity contribution < 1.29 is 13.6 Å². The standard InChI is InChI=1S/C13H13ClF2O/c14-10-7-12(16)11(15)6-9(10)13(17)5-8-3-1-2-4-8/h6-8H,1-5H2. The Morgan fingerprint density at radius 3 is 2.47 bits per heavy atom. The molecule has 4 heteroatoms. The van der Waals surface area contributed by atoms with E-state index in [9.17, 15) is 13.6 Å². The van der Waals surface area contributed by atoms with Gasteiger partial charge >= 0.3 is 0 Å². The van der Waals surface area contributed by atoms with Crippen molar-refractivity contribution in [3.8, 4) is 0 Å². The van der Waals surface area contributed by atoms with Gasteiger partial charge in [0.05, 0.1) is 5.02 Å². The van der Waals surface area contributed by atoms with E-state index >= 15 is 0 Å². The molecular formula is C13H13ClF2O. The Hall–Kier alpha value is -0.960. The Morgan fingerprint density at radius 2 is 1.82 bits per heavy atom. The smallest absolute Gasteiger partial charge is 0.164 e. The number of Topliss-reactive ketones (excluding diaryl/α,β-unsaturated/α-hetero) is 1. The SMILES string of the molecule is O=C(CC1CCCC1)c1cc(F)c(F)cc1Cl. The van der Waals surface area contributed by atoms with Gasteiger partial charge < -0.3 is 0 Å². The summed E-state index contributed by atoms with van der Waals surface area (Å²) >= 11 is 5.75. The number of carbonyl (C=O) groups is 1. The van der Waals surface area contributed by atoms with E-state index in [1.807, 2.05) is 0 Å². The first-order valence-corrected chi connectivity index (χ1v) is 6.13. The highest BCUT2D eigenvalue weighted by Gasteiger charge is 2.21. The van der Waals surface area contributed by atoms with Crippen LogP contribution < -0.4 is 0 Å². The summed E-state index contributed by atoms with van der Waals surface area (Å²) < 4.78 is 25.9. The number of ketones is 1. The first-order valence-electron chi connectivity index (χ1n) is 5.75. The van der Waals surface area contributed by atoms with E-state index in [1.54, 1.807) is 0 Å². The fourth-order valence-electron chi connectivity index (χ4n) is 2.32. The summed E-state index contributed by atoms with van der Waals surface area (Å²) in [5.74, 6) is -1.87. The van der Waals surface area contributed by atoms with Gasteiger partial charge in [0, 0.05) is 12.0 Å². The number of rotatable bonds is 3. The van der Waals surface area contributed by atoms with Crippen molar-refractivity contribution in [2.24, 2.45) is 5.92 Å². The summed E-state index contributed by atoms with van der Waals surface area (Å²) in [6.45, 7) is 0. The molecule has 0 N–H and O–H groups in total. The predicted octanol–water partition coefficient (Wildman–Crippen LogP) is 4.38. The summed E-state index contributed by atoms with van der Waals surface area (Å²) in [7, 11) is 0. The summed E-state index contributed by atoms with van der Waals surface area (Å²) in [5.41, 5.74) is 0.0949. The second-order valence-electron chi connectivity index (χ2n) is 4.52. The van der Waals surface area contributed by atoms with Crippen LogP contribution in [-0.2, 0) is 0 Å². The van der Waals surface area contributed by atoms with Crippen LogP contribution in [-0.4, -0.2) is 5.78 Å². The third-order valence-corrected chi connectivity index (χ3v) is 3.57. The molecule has 0 amide bonds. The van der Waals surface area contributed by atoms with Gasteiger partial charge in [-0.05, 0) is 18.1 Å². The molecule has 0 radical (unpaired) electrons. The van der Waals surface area contributed by atoms with Crippen LogP contribution in [0.15, 0.2) is 12.1 Å². The van der Waals surface area contributed by atoms with Crippen molar-refractivity contribution in [1.82, 2.24) is 0 Å². The minimum absolute atomic E-state index is 0.00750. The molecule has 0 saturated heterocycles. The van der Waals surface area contributed by atoms with E-state index in [-0.39, 0.29) is 16.4 Å². The van der Waals surface area contributed by atoms with Gasteiger partial charge in [-0.3, -0.25) is 4.79 Å². The largest absolute Gasteiger partial charge is 0.294 e. The van der Waals surface area contributed by atoms with Gasteiger partial charge in [0.2, 0.25) is 0 Å². The van der Waals surface area contributed by atoms with Gasteiger partial charge in [-0.15, -0.1) is 0 Å². The highest BCUT2D eigenvalue weighted by molar-refractivity contribution is 6.34. The van der Waals surface area contributed by atoms with Gasteiger partial charge in [0.1, 0.15) is 0 Å². The summed E-state index contributed by atoms with van der Waals surface area (Å²) in [4.78, 5) is 11.9. The maximum absolute atomic E-state index is 13.0. The van der Waals surface area contributed by atoms with Crippen LogP contribution in [0.5, 0.6) is 0 Å². The van der Waals surface area contributed by atoms with E-state index in [2.05, 4.69) is 0 Å². The second kappa shape index (κ2) is 5.13. The van der Waals surface area contributed by atoms with E-state index in [1.165, 1.54) is 0 Å². The van der Waals surface area contributed by atoms with Gasteiger partial charge in [0.25, 0.3) is 0 Å². The van der Waals surface area contributed by atoms with Crippen LogP contribution in [0.4, 0.5) is 8.78 Å². The zero-order valence-corrected chi connectivity index (χ0v) is 10.1. The highest BCUT2D eigenvalue weighted by Crippen LogP contribution is 2.30. The molecule has 1 aliphatic carbocycles. The third kappa shape index (κ3) is 2.83. The molecule has 0 unspecified atom stereocenters. The topological polar surface area (TPSA) is 17.1 Å². The van der Waals surface area contributed by atoms with Crippen LogP contribution in [0.2, 0.25) is 5.02 Å². The van der Waals surface area contributed by atoms with Gasteiger partial charge in [-0.2, -0.15) is 0 Å². The molecule has 0 heterocycles. The van der Waals surface area contributed by atoms with Gasteiger partial charge in [0.15, 0.2) is 17.4 Å². The van der Waals surface area contributed by atoms with E-state index in [4.69, 9.17) is 11.6 Å². The van der Waals surface area contributed by atoms with Crippen LogP contribution in [0.3, 0.4) is 0 Å². The molecule has 0 aromatic heterocycles. The zero-order chi connectivity index (χ0) is 12.4. The predicted molar refractivity (Wildman–Crippen MR) is 62.3 cm³/mol. The Kier molecular flexibility index (Phi) is 3.77. The number of carbonyl (C=O) groups excluding carboxylic acids is 1. The fourth-order valence-corrected chi connectivity index (χ4v) is 2.58. The number of hydrogen-bond donors (Lipinski definition) is 0. The molecule has 1 aromatic rings. The molecular weight excluding hydrogens is 246 g/mol. The average Bonchev–Trinajstić information content (AvgIpc) is 2.76. The van der Waals surface area contributed by atoms with Crippen LogP contribution in [0.25, 0.3) is 0 Å². The molecule has 1 saturated carbocycles. The lowest BCUT2D eigenvalue weighted by Gasteiger charge is -2.09. The summed E-state index contributed by atoms with van der Waals surface area (Å²) in [6.07, 6.45) is 4.73. The van der Waals surface area contributed by atoms with Crippen molar-refractivity contribution in [2.75, 3.05) is 0 Å². The Labute approximate surface area is 104 Å². The summed E-state index contributed by atoms with van der Waals surface area (Å²) in [5, 5.41) is -0.00750. The lowest BCUT2D eigenvalue weighted by atomic mass is 9.97. The molecule has 1 fully saturated rings. The maximum atomic E-state index is 13.0. The molecule has 2 rings (SSSR count). The molecule has 0 bridgehead atoms. The molecule has 1 nitrogen and oxygen atoms in total. The Bertz CT molecular complexity index is 439. The minimum Gasteiger partial charge on any atom is -0.294 e. The van der Waals surface area contributed by atoms with Crippen LogP contribution in [0.1, 0.15) is 42.5 Å². The molecule has 1 aromatic carbocycles. The molecule has 92 valence electrons. The van der Waals surface area contributed by atoms with Crippen molar-refractivity contribution >= 4 is 17.4 Å². The normalized spacial score (nSPS) is 16.4. The van der Waals surface area contributed by atoms with E-state index in [0.717, 1.165) is 37.8 Å². The molecule has 0 aliphatic heterocycles. The first-order chi connectivity index (χ1) is 8.08. The van der Waals surface area contributed by atoms with Crippen molar-refractivity contribution in [1.29, 1.82) is 0 Å². The van der Waals surface area contributed by atoms with Crippen molar-refractivity contribution in [3.05, 3.63) is 34.4 Å². The van der Waals surface area contributed by atoms with Crippen LogP contribution in [0, 0.1) is 17.6 Å². The summed E-state index contributed by atoms with van der Waals surface area (Å²) in [6, 6.07) is 1.76. The Balaban J connectivity index is 2.15. The molecule has 0 atom stereocenters. The van der Waals surface area contributed by atoms with Crippen LogP contribution >= 0.6 is 11.6 Å². The number of benzene rings is 1. The molecule has 17 heavy (non-hydrogen) atoms. The maximum Gasteiger partial charge on any atom is 0.164 e. The monoisotopic (exact) mass is 258 g/mol. The molecule has 0 spiro atoms. The lowest BCUT2D eigenvalue weighted by Crippen LogP contribution is -2.07.